The van der Waals surface area contributed by atoms with E-state index in [-0.39, 0.29) is 0 Å². The van der Waals surface area contributed by atoms with Crippen molar-refractivity contribution in [1.29, 1.82) is 0 Å². The fourth-order valence-corrected chi connectivity index (χ4v) is 0.903. The normalized spacial score (nSPS) is 15.1. The highest BCUT2D eigenvalue weighted by Gasteiger charge is 2.08. The van der Waals surface area contributed by atoms with E-state index in [9.17, 15) is 9.90 Å². The van der Waals surface area contributed by atoms with E-state index >= 15 is 0 Å². The van der Waals surface area contributed by atoms with Crippen LogP contribution in [-0.4, -0.2) is 50.0 Å². The number of rotatable bonds is 8. The van der Waals surface area contributed by atoms with Gasteiger partial charge in [0.1, 0.15) is 0 Å². The Kier molecular flexibility index (Phi) is 7.31. The van der Waals surface area contributed by atoms with Crippen molar-refractivity contribution in [2.75, 3.05) is 26.8 Å². The maximum Gasteiger partial charge on any atom is 0.235 e. The lowest BCUT2D eigenvalue weighted by atomic mass is 10.2. The highest BCUT2D eigenvalue weighted by Crippen LogP contribution is 1.89. The van der Waals surface area contributed by atoms with Gasteiger partial charge in [-0.15, -0.1) is 0 Å². The summed E-state index contributed by atoms with van der Waals surface area (Å²) >= 11 is 0. The monoisotopic (exact) mass is 205 g/mol. The first kappa shape index (κ1) is 13.3. The van der Waals surface area contributed by atoms with Gasteiger partial charge >= 0.3 is 0 Å². The quantitative estimate of drug-likeness (QED) is 0.336. The molecule has 1 amide bonds. The third-order valence-corrected chi connectivity index (χ3v) is 1.74. The van der Waals surface area contributed by atoms with Crippen LogP contribution in [0.15, 0.2) is 0 Å². The Labute approximate surface area is 83.6 Å². The number of carbonyl (C=O) groups excluding carboxylic acids is 1. The van der Waals surface area contributed by atoms with Crippen LogP contribution in [0.1, 0.15) is 6.42 Å². The minimum absolute atomic E-state index is 0.309. The van der Waals surface area contributed by atoms with Crippen molar-refractivity contribution in [3.05, 3.63) is 0 Å². The zero-order valence-electron chi connectivity index (χ0n) is 8.40. The minimum Gasteiger partial charge on any atom is -0.391 e. The first-order valence-electron chi connectivity index (χ1n) is 4.50. The maximum absolute atomic E-state index is 10.5. The molecule has 0 aliphatic rings. The zero-order valence-corrected chi connectivity index (χ0v) is 8.40. The summed E-state index contributed by atoms with van der Waals surface area (Å²) < 4.78 is 4.74. The average molecular weight is 205 g/mol. The summed E-state index contributed by atoms with van der Waals surface area (Å²) in [5, 5.41) is 12.2. The molecule has 0 rings (SSSR count). The molecule has 6 heteroatoms. The van der Waals surface area contributed by atoms with Crippen LogP contribution in [-0.2, 0) is 9.53 Å². The van der Waals surface area contributed by atoms with Gasteiger partial charge in [-0.2, -0.15) is 0 Å². The Morgan fingerprint density at radius 3 is 2.79 bits per heavy atom. The van der Waals surface area contributed by atoms with Crippen molar-refractivity contribution >= 4 is 5.91 Å². The number of ether oxygens (including phenoxy) is 1. The summed E-state index contributed by atoms with van der Waals surface area (Å²) in [5.74, 6) is -0.532. The molecule has 0 spiro atoms. The Morgan fingerprint density at radius 2 is 2.29 bits per heavy atom. The van der Waals surface area contributed by atoms with Gasteiger partial charge in [-0.3, -0.25) is 4.79 Å². The molecule has 2 atom stereocenters. The number of hydrogen-bond acceptors (Lipinski definition) is 5. The molecule has 84 valence electrons. The third-order valence-electron chi connectivity index (χ3n) is 1.74. The SMILES string of the molecule is COCC(O)CCNCC(N)C(N)=O. The summed E-state index contributed by atoms with van der Waals surface area (Å²) in [5.41, 5.74) is 10.3. The predicted octanol–water partition coefficient (Wildman–Crippen LogP) is -2.21. The van der Waals surface area contributed by atoms with Gasteiger partial charge in [0.25, 0.3) is 0 Å². The van der Waals surface area contributed by atoms with E-state index in [1.165, 1.54) is 7.11 Å². The lowest BCUT2D eigenvalue weighted by molar-refractivity contribution is -0.119. The van der Waals surface area contributed by atoms with E-state index in [1.807, 2.05) is 0 Å². The van der Waals surface area contributed by atoms with Gasteiger partial charge in [-0.05, 0) is 13.0 Å². The molecule has 0 bridgehead atoms. The Morgan fingerprint density at radius 1 is 1.64 bits per heavy atom. The zero-order chi connectivity index (χ0) is 11.0. The van der Waals surface area contributed by atoms with Crippen LogP contribution in [0.2, 0.25) is 0 Å². The van der Waals surface area contributed by atoms with Crippen LogP contribution in [0.25, 0.3) is 0 Å². The highest BCUT2D eigenvalue weighted by atomic mass is 16.5. The Balaban J connectivity index is 3.33. The summed E-state index contributed by atoms with van der Waals surface area (Å²) in [6.07, 6.45) is 0.0663. The van der Waals surface area contributed by atoms with Gasteiger partial charge in [0.2, 0.25) is 5.91 Å². The average Bonchev–Trinajstić information content (AvgIpc) is 2.12. The number of methoxy groups -OCH3 is 1. The van der Waals surface area contributed by atoms with Gasteiger partial charge in [-0.25, -0.2) is 0 Å². The van der Waals surface area contributed by atoms with Gasteiger partial charge in [0, 0.05) is 13.7 Å². The molecule has 2 unspecified atom stereocenters. The highest BCUT2D eigenvalue weighted by molar-refractivity contribution is 5.79. The summed E-state index contributed by atoms with van der Waals surface area (Å²) in [4.78, 5) is 10.5. The maximum atomic E-state index is 10.5. The molecule has 0 radical (unpaired) electrons. The summed E-state index contributed by atoms with van der Waals surface area (Å²) in [6, 6.07) is -0.672. The number of carbonyl (C=O) groups is 1. The van der Waals surface area contributed by atoms with E-state index < -0.39 is 18.1 Å². The van der Waals surface area contributed by atoms with Gasteiger partial charge in [-0.1, -0.05) is 0 Å². The molecule has 0 aromatic carbocycles. The first-order chi connectivity index (χ1) is 6.57. The molecule has 6 nitrogen and oxygen atoms in total. The molecule has 6 N–H and O–H groups in total. The number of amides is 1. The van der Waals surface area contributed by atoms with E-state index in [1.54, 1.807) is 0 Å². The largest absolute Gasteiger partial charge is 0.391 e. The molecule has 0 aliphatic carbocycles. The summed E-state index contributed by atoms with van der Waals surface area (Å²) in [6.45, 7) is 1.21. The van der Waals surface area contributed by atoms with Crippen molar-refractivity contribution < 1.29 is 14.6 Å². The van der Waals surface area contributed by atoms with Crippen molar-refractivity contribution in [1.82, 2.24) is 5.32 Å². The van der Waals surface area contributed by atoms with Crippen molar-refractivity contribution in [2.24, 2.45) is 11.5 Å². The molecule has 0 saturated heterocycles. The van der Waals surface area contributed by atoms with Gasteiger partial charge in [0.05, 0.1) is 18.8 Å². The van der Waals surface area contributed by atoms with Crippen LogP contribution in [0, 0.1) is 0 Å². The third kappa shape index (κ3) is 6.79. The first-order valence-corrected chi connectivity index (χ1v) is 4.50. The molecule has 0 fully saturated rings. The molecular weight excluding hydrogens is 186 g/mol. The van der Waals surface area contributed by atoms with Crippen LogP contribution < -0.4 is 16.8 Å². The van der Waals surface area contributed by atoms with Crippen LogP contribution in [0.4, 0.5) is 0 Å². The van der Waals surface area contributed by atoms with E-state index in [0.717, 1.165) is 0 Å². The van der Waals surface area contributed by atoms with E-state index in [2.05, 4.69) is 5.32 Å². The second kappa shape index (κ2) is 7.69. The van der Waals surface area contributed by atoms with Crippen molar-refractivity contribution in [3.63, 3.8) is 0 Å². The van der Waals surface area contributed by atoms with Crippen LogP contribution >= 0.6 is 0 Å². The number of hydrogen-bond donors (Lipinski definition) is 4. The van der Waals surface area contributed by atoms with Gasteiger partial charge < -0.3 is 26.6 Å². The smallest absolute Gasteiger partial charge is 0.235 e. The molecule has 0 saturated carbocycles. The number of aliphatic hydroxyl groups excluding tert-OH is 1. The summed E-state index contributed by atoms with van der Waals surface area (Å²) in [7, 11) is 1.53. The Hall–Kier alpha value is -0.690. The number of primary amides is 1. The lowest BCUT2D eigenvalue weighted by Gasteiger charge is -2.11. The van der Waals surface area contributed by atoms with Crippen molar-refractivity contribution in [3.8, 4) is 0 Å². The van der Waals surface area contributed by atoms with Crippen LogP contribution in [0.5, 0.6) is 0 Å². The Bertz CT molecular complexity index is 166. The van der Waals surface area contributed by atoms with E-state index in [4.69, 9.17) is 16.2 Å². The molecule has 0 heterocycles. The van der Waals surface area contributed by atoms with Crippen molar-refractivity contribution in [2.45, 2.75) is 18.6 Å². The standard InChI is InChI=1S/C8H19N3O3/c1-14-5-6(12)2-3-11-4-7(9)8(10)13/h6-7,11-12H,2-5,9H2,1H3,(H2,10,13). The second-order valence-corrected chi connectivity index (χ2v) is 3.11. The minimum atomic E-state index is -0.672. The number of aliphatic hydroxyl groups is 1. The number of nitrogens with one attached hydrogen (secondary N) is 1. The molecule has 14 heavy (non-hydrogen) atoms. The molecule has 0 aromatic heterocycles. The molecule has 0 aliphatic heterocycles. The molecule has 0 aromatic rings. The predicted molar refractivity (Wildman–Crippen MR) is 52.5 cm³/mol. The molecular formula is C8H19N3O3. The lowest BCUT2D eigenvalue weighted by Crippen LogP contribution is -2.44. The topological polar surface area (TPSA) is 111 Å². The van der Waals surface area contributed by atoms with Gasteiger partial charge in [0.15, 0.2) is 0 Å². The number of nitrogens with two attached hydrogens (primary N) is 2. The fourth-order valence-electron chi connectivity index (χ4n) is 0.903. The van der Waals surface area contributed by atoms with Crippen LogP contribution in [0.3, 0.4) is 0 Å². The van der Waals surface area contributed by atoms with E-state index in [0.29, 0.717) is 26.1 Å². The fraction of sp³-hybridized carbons (Fsp3) is 0.875. The second-order valence-electron chi connectivity index (χ2n) is 3.11.